The molecular formula is C25H24N6O2. The van der Waals surface area contributed by atoms with Crippen molar-refractivity contribution < 1.29 is 9.21 Å². The number of aryl methyl sites for hydroxylation is 2. The summed E-state index contributed by atoms with van der Waals surface area (Å²) in [6.07, 6.45) is 1.60. The number of carbonyl (C=O) groups excluding carboxylic acids is 1. The van der Waals surface area contributed by atoms with Gasteiger partial charge in [-0.25, -0.2) is 4.98 Å². The van der Waals surface area contributed by atoms with Gasteiger partial charge in [-0.2, -0.15) is 10.4 Å². The molecule has 0 unspecified atom stereocenters. The van der Waals surface area contributed by atoms with E-state index >= 15 is 0 Å². The third-order valence-electron chi connectivity index (χ3n) is 6.12. The smallest absolute Gasteiger partial charge is 0.254 e. The molecule has 0 spiro atoms. The van der Waals surface area contributed by atoms with Gasteiger partial charge in [-0.3, -0.25) is 14.4 Å². The van der Waals surface area contributed by atoms with Crippen LogP contribution >= 0.6 is 0 Å². The monoisotopic (exact) mass is 440 g/mol. The second kappa shape index (κ2) is 8.52. The third-order valence-corrected chi connectivity index (χ3v) is 6.12. The summed E-state index contributed by atoms with van der Waals surface area (Å²) in [6.45, 7) is 5.58. The zero-order valence-corrected chi connectivity index (χ0v) is 18.7. The highest BCUT2D eigenvalue weighted by atomic mass is 16.3. The molecule has 0 N–H and O–H groups in total. The number of hydrogen-bond acceptors (Lipinski definition) is 6. The minimum absolute atomic E-state index is 0.00988. The van der Waals surface area contributed by atoms with Crippen molar-refractivity contribution in [3.63, 3.8) is 0 Å². The highest BCUT2D eigenvalue weighted by molar-refractivity contribution is 6.07. The van der Waals surface area contributed by atoms with Crippen molar-refractivity contribution in [1.29, 1.82) is 5.26 Å². The van der Waals surface area contributed by atoms with Gasteiger partial charge in [0.05, 0.1) is 34.5 Å². The van der Waals surface area contributed by atoms with Crippen LogP contribution in [0.1, 0.15) is 27.2 Å². The van der Waals surface area contributed by atoms with Gasteiger partial charge in [-0.1, -0.05) is 12.1 Å². The zero-order valence-electron chi connectivity index (χ0n) is 18.7. The lowest BCUT2D eigenvalue weighted by atomic mass is 10.1. The number of piperazine rings is 1. The molecule has 5 rings (SSSR count). The number of carbonyl (C=O) groups is 1. The van der Waals surface area contributed by atoms with Gasteiger partial charge in [0.1, 0.15) is 5.69 Å². The van der Waals surface area contributed by atoms with E-state index in [2.05, 4.69) is 16.1 Å². The molecule has 3 aromatic heterocycles. The van der Waals surface area contributed by atoms with E-state index in [1.807, 2.05) is 61.3 Å². The Bertz CT molecular complexity index is 1340. The van der Waals surface area contributed by atoms with Crippen LogP contribution in [0.5, 0.6) is 0 Å². The molecule has 0 bridgehead atoms. The molecule has 0 atom stereocenters. The van der Waals surface area contributed by atoms with Crippen molar-refractivity contribution in [3.8, 4) is 17.5 Å². The molecule has 4 heterocycles. The summed E-state index contributed by atoms with van der Waals surface area (Å²) >= 11 is 0. The number of nitriles is 1. The minimum atomic E-state index is -0.00988. The van der Waals surface area contributed by atoms with Crippen LogP contribution in [0.25, 0.3) is 22.5 Å². The van der Waals surface area contributed by atoms with Crippen LogP contribution in [-0.4, -0.2) is 56.7 Å². The number of fused-ring (bicyclic) bond motifs is 1. The topological polar surface area (TPSA) is 91.2 Å². The predicted molar refractivity (Wildman–Crippen MR) is 123 cm³/mol. The van der Waals surface area contributed by atoms with E-state index in [9.17, 15) is 4.79 Å². The lowest BCUT2D eigenvalue weighted by molar-refractivity contribution is 0.0630. The van der Waals surface area contributed by atoms with Gasteiger partial charge in [0.15, 0.2) is 11.4 Å². The van der Waals surface area contributed by atoms with Crippen LogP contribution in [0.2, 0.25) is 0 Å². The van der Waals surface area contributed by atoms with Crippen molar-refractivity contribution >= 4 is 16.9 Å². The molecule has 166 valence electrons. The number of amides is 1. The zero-order chi connectivity index (χ0) is 22.9. The molecule has 1 aromatic carbocycles. The predicted octanol–water partition coefficient (Wildman–Crippen LogP) is 3.37. The molecule has 1 aliphatic rings. The maximum Gasteiger partial charge on any atom is 0.254 e. The summed E-state index contributed by atoms with van der Waals surface area (Å²) in [5, 5.41) is 14.3. The summed E-state index contributed by atoms with van der Waals surface area (Å²) < 4.78 is 7.25. The molecular weight excluding hydrogens is 416 g/mol. The van der Waals surface area contributed by atoms with E-state index in [0.29, 0.717) is 41.3 Å². The normalized spacial score (nSPS) is 14.5. The Balaban J connectivity index is 1.36. The average Bonchev–Trinajstić information content (AvgIpc) is 3.48. The first-order valence-corrected chi connectivity index (χ1v) is 10.9. The fraction of sp³-hybridized carbons (Fsp3) is 0.280. The van der Waals surface area contributed by atoms with Crippen molar-refractivity contribution in [3.05, 3.63) is 71.1 Å². The van der Waals surface area contributed by atoms with Crippen LogP contribution in [0.3, 0.4) is 0 Å². The Morgan fingerprint density at radius 3 is 2.58 bits per heavy atom. The Morgan fingerprint density at radius 2 is 1.91 bits per heavy atom. The summed E-state index contributed by atoms with van der Waals surface area (Å²) in [6, 6.07) is 15.3. The lowest BCUT2D eigenvalue weighted by Crippen LogP contribution is -2.48. The Morgan fingerprint density at radius 1 is 1.15 bits per heavy atom. The van der Waals surface area contributed by atoms with Gasteiger partial charge in [0, 0.05) is 39.8 Å². The molecule has 8 heteroatoms. The van der Waals surface area contributed by atoms with Crippen LogP contribution in [0, 0.1) is 18.3 Å². The number of nitrogens with zero attached hydrogens (tertiary/aromatic N) is 6. The summed E-state index contributed by atoms with van der Waals surface area (Å²) in [7, 11) is 1.84. The first-order valence-electron chi connectivity index (χ1n) is 10.9. The Hall–Kier alpha value is -3.96. The molecule has 0 aliphatic carbocycles. The second-order valence-corrected chi connectivity index (χ2v) is 8.32. The van der Waals surface area contributed by atoms with Gasteiger partial charge in [-0.05, 0) is 42.8 Å². The number of hydrogen-bond donors (Lipinski definition) is 0. The van der Waals surface area contributed by atoms with Gasteiger partial charge in [0.2, 0.25) is 0 Å². The van der Waals surface area contributed by atoms with Crippen LogP contribution in [-0.2, 0) is 13.6 Å². The molecule has 4 aromatic rings. The standard InChI is InChI=1S/C25H24N6O2/c1-17-23-20(14-21(22-4-3-13-33-22)27-24(23)29(2)28-17)25(32)31-11-9-30(10-12-31)16-19-7-5-18(15-26)6-8-19/h3-8,13-14H,9-12,16H2,1-2H3. The quantitative estimate of drug-likeness (QED) is 0.483. The summed E-state index contributed by atoms with van der Waals surface area (Å²) in [4.78, 5) is 22.6. The highest BCUT2D eigenvalue weighted by Crippen LogP contribution is 2.28. The maximum atomic E-state index is 13.6. The van der Waals surface area contributed by atoms with E-state index < -0.39 is 0 Å². The molecule has 1 aliphatic heterocycles. The molecule has 8 nitrogen and oxygen atoms in total. The second-order valence-electron chi connectivity index (χ2n) is 8.32. The largest absolute Gasteiger partial charge is 0.463 e. The summed E-state index contributed by atoms with van der Waals surface area (Å²) in [5.74, 6) is 0.612. The summed E-state index contributed by atoms with van der Waals surface area (Å²) in [5.41, 5.74) is 4.52. The number of furan rings is 1. The van der Waals surface area contributed by atoms with Crippen LogP contribution < -0.4 is 0 Å². The Kier molecular flexibility index (Phi) is 5.40. The fourth-order valence-corrected chi connectivity index (χ4v) is 4.39. The van der Waals surface area contributed by atoms with E-state index in [-0.39, 0.29) is 5.91 Å². The van der Waals surface area contributed by atoms with Gasteiger partial charge < -0.3 is 9.32 Å². The SMILES string of the molecule is Cc1nn(C)c2nc(-c3ccco3)cc(C(=O)N3CCN(Cc4ccc(C#N)cc4)CC3)c12. The molecule has 1 amide bonds. The molecule has 33 heavy (non-hydrogen) atoms. The van der Waals surface area contributed by atoms with Gasteiger partial charge in [0.25, 0.3) is 5.91 Å². The van der Waals surface area contributed by atoms with Gasteiger partial charge in [-0.15, -0.1) is 0 Å². The molecule has 1 saturated heterocycles. The molecule has 0 radical (unpaired) electrons. The van der Waals surface area contributed by atoms with Crippen molar-refractivity contribution in [1.82, 2.24) is 24.6 Å². The molecule has 1 fully saturated rings. The van der Waals surface area contributed by atoms with Crippen molar-refractivity contribution in [2.75, 3.05) is 26.2 Å². The highest BCUT2D eigenvalue weighted by Gasteiger charge is 2.26. The van der Waals surface area contributed by atoms with E-state index in [0.717, 1.165) is 30.7 Å². The van der Waals surface area contributed by atoms with Crippen LogP contribution in [0.15, 0.2) is 53.1 Å². The number of pyridine rings is 1. The lowest BCUT2D eigenvalue weighted by Gasteiger charge is -2.35. The fourth-order valence-electron chi connectivity index (χ4n) is 4.39. The number of aromatic nitrogens is 3. The minimum Gasteiger partial charge on any atom is -0.463 e. The van der Waals surface area contributed by atoms with Crippen molar-refractivity contribution in [2.45, 2.75) is 13.5 Å². The first kappa shape index (κ1) is 20.9. The third kappa shape index (κ3) is 3.99. The van der Waals surface area contributed by atoms with E-state index in [1.165, 1.54) is 5.56 Å². The molecule has 0 saturated carbocycles. The van der Waals surface area contributed by atoms with E-state index in [4.69, 9.17) is 14.7 Å². The Labute approximate surface area is 191 Å². The first-order chi connectivity index (χ1) is 16.0. The van der Waals surface area contributed by atoms with Crippen LogP contribution in [0.4, 0.5) is 0 Å². The number of benzene rings is 1. The van der Waals surface area contributed by atoms with Gasteiger partial charge >= 0.3 is 0 Å². The van der Waals surface area contributed by atoms with E-state index in [1.54, 1.807) is 10.9 Å². The maximum absolute atomic E-state index is 13.6. The average molecular weight is 441 g/mol. The van der Waals surface area contributed by atoms with Crippen molar-refractivity contribution in [2.24, 2.45) is 7.05 Å². The number of rotatable bonds is 4.